The van der Waals surface area contributed by atoms with Crippen LogP contribution in [0.1, 0.15) is 34.0 Å². The molecule has 0 spiro atoms. The molecule has 1 heterocycles. The number of benzene rings is 3. The molecule has 0 bridgehead atoms. The Morgan fingerprint density at radius 2 is 1.79 bits per heavy atom. The van der Waals surface area contributed by atoms with Crippen molar-refractivity contribution in [2.24, 2.45) is 5.73 Å². The number of halogens is 1. The maximum absolute atomic E-state index is 14.5. The molecular weight excluding hydrogens is 526 g/mol. The van der Waals surface area contributed by atoms with Gasteiger partial charge >= 0.3 is 11.2 Å². The number of fused-ring (bicyclic) bond motifs is 1. The number of imidazole rings is 1. The van der Waals surface area contributed by atoms with Gasteiger partial charge in [-0.05, 0) is 80.8 Å². The summed E-state index contributed by atoms with van der Waals surface area (Å²) in [5.74, 6) is -0.0911. The zero-order chi connectivity index (χ0) is 27.7. The third kappa shape index (κ3) is 4.78. The van der Waals surface area contributed by atoms with Crippen molar-refractivity contribution in [2.45, 2.75) is 39.4 Å². The number of anilines is 1. The van der Waals surface area contributed by atoms with Gasteiger partial charge in [-0.25, -0.2) is 4.79 Å². The molecule has 3 amide bonds. The number of amides is 3. The number of imide groups is 1. The number of urea groups is 1. The molecule has 0 aliphatic rings. The average Bonchev–Trinajstić information content (AvgIpc) is 3.27. The van der Waals surface area contributed by atoms with E-state index in [9.17, 15) is 14.1 Å². The van der Waals surface area contributed by atoms with Gasteiger partial charge in [-0.15, -0.1) is 5.01 Å². The van der Waals surface area contributed by atoms with Gasteiger partial charge in [-0.1, -0.05) is 34.2 Å². The minimum atomic E-state index is -2.20. The molecule has 2 N–H and O–H groups in total. The lowest BCUT2D eigenvalue weighted by Gasteiger charge is -2.33. The molecule has 198 valence electrons. The first-order valence-electron chi connectivity index (χ1n) is 11.8. The zero-order valence-corrected chi connectivity index (χ0v) is 23.3. The number of hydrogen-bond acceptors (Lipinski definition) is 6. The summed E-state index contributed by atoms with van der Waals surface area (Å²) in [6.07, 6.45) is 0. The lowest BCUT2D eigenvalue weighted by molar-refractivity contribution is 0.0814. The van der Waals surface area contributed by atoms with Crippen LogP contribution in [0.4, 0.5) is 10.5 Å². The predicted molar refractivity (Wildman–Crippen MR) is 149 cm³/mol. The highest BCUT2D eigenvalue weighted by molar-refractivity contribution is 7.92. The number of primary amides is 1. The largest absolute Gasteiger partial charge is 0.584 e. The van der Waals surface area contributed by atoms with E-state index in [1.165, 1.54) is 0 Å². The third-order valence-electron chi connectivity index (χ3n) is 6.32. The summed E-state index contributed by atoms with van der Waals surface area (Å²) in [5.41, 5.74) is 9.71. The minimum Gasteiger partial charge on any atom is -0.584 e. The van der Waals surface area contributed by atoms with Crippen molar-refractivity contribution in [3.63, 3.8) is 0 Å². The van der Waals surface area contributed by atoms with Gasteiger partial charge in [0.05, 0.1) is 18.1 Å². The monoisotopic (exact) mass is 553 g/mol. The molecule has 0 radical (unpaired) electrons. The summed E-state index contributed by atoms with van der Waals surface area (Å²) in [6.45, 7) is 7.78. The van der Waals surface area contributed by atoms with Crippen LogP contribution in [0.25, 0.3) is 11.0 Å². The normalized spacial score (nSPS) is 11.9. The first kappa shape index (κ1) is 27.3. The Morgan fingerprint density at radius 3 is 2.39 bits per heavy atom. The second kappa shape index (κ2) is 10.9. The van der Waals surface area contributed by atoms with Crippen LogP contribution in [0.2, 0.25) is 5.02 Å². The molecule has 1 unspecified atom stereocenters. The Labute approximate surface area is 229 Å². The van der Waals surface area contributed by atoms with Crippen molar-refractivity contribution in [3.8, 4) is 5.75 Å². The van der Waals surface area contributed by atoms with E-state index >= 15 is 0 Å². The molecule has 1 atom stereocenters. The third-order valence-corrected chi connectivity index (χ3v) is 7.85. The predicted octanol–water partition coefficient (Wildman–Crippen LogP) is 5.31. The molecule has 11 heteroatoms. The van der Waals surface area contributed by atoms with Crippen LogP contribution < -0.4 is 14.9 Å². The number of hydrogen-bond donors (Lipinski definition) is 1. The fourth-order valence-corrected chi connectivity index (χ4v) is 5.98. The van der Waals surface area contributed by atoms with E-state index in [4.69, 9.17) is 22.1 Å². The SMILES string of the molecule is CCn1c([S+]([O-])N(c2cc(C)c(OC)c(C)c2C)N(C(N)=O)C(=O)c2ccccc2)nc2cc(Cl)ccc21. The Morgan fingerprint density at radius 1 is 1.11 bits per heavy atom. The number of ether oxygens (including phenoxy) is 1. The van der Waals surface area contributed by atoms with Crippen molar-refractivity contribution in [3.05, 3.63) is 81.9 Å². The van der Waals surface area contributed by atoms with Crippen LogP contribution in [-0.4, -0.2) is 38.2 Å². The number of rotatable bonds is 7. The van der Waals surface area contributed by atoms with Gasteiger partial charge in [0.15, 0.2) is 11.4 Å². The van der Waals surface area contributed by atoms with Gasteiger partial charge in [0.25, 0.3) is 5.91 Å². The van der Waals surface area contributed by atoms with E-state index in [1.54, 1.807) is 73.2 Å². The number of nitrogens with two attached hydrogens (primary N) is 1. The lowest BCUT2D eigenvalue weighted by atomic mass is 10.0. The quantitative estimate of drug-likeness (QED) is 0.245. The summed E-state index contributed by atoms with van der Waals surface area (Å²) in [6, 6.07) is 14.0. The fourth-order valence-electron chi connectivity index (χ4n) is 4.39. The number of hydrazine groups is 1. The van der Waals surface area contributed by atoms with E-state index in [0.29, 0.717) is 44.6 Å². The van der Waals surface area contributed by atoms with Gasteiger partial charge in [0, 0.05) is 17.1 Å². The average molecular weight is 554 g/mol. The smallest absolute Gasteiger partial charge is 0.353 e. The Hall–Kier alpha value is -3.73. The molecule has 9 nitrogen and oxygen atoms in total. The van der Waals surface area contributed by atoms with Crippen molar-refractivity contribution < 1.29 is 18.9 Å². The number of aromatic nitrogens is 2. The number of carbonyl (C=O) groups is 2. The van der Waals surface area contributed by atoms with Gasteiger partial charge in [0.2, 0.25) is 0 Å². The molecule has 0 saturated heterocycles. The van der Waals surface area contributed by atoms with Crippen molar-refractivity contribution in [2.75, 3.05) is 11.5 Å². The van der Waals surface area contributed by atoms with E-state index < -0.39 is 23.3 Å². The minimum absolute atomic E-state index is 0.127. The summed E-state index contributed by atoms with van der Waals surface area (Å²) in [5, 5.41) is 1.30. The highest BCUT2D eigenvalue weighted by Crippen LogP contribution is 2.37. The van der Waals surface area contributed by atoms with E-state index in [2.05, 4.69) is 4.98 Å². The van der Waals surface area contributed by atoms with Crippen molar-refractivity contribution in [1.29, 1.82) is 0 Å². The van der Waals surface area contributed by atoms with Crippen molar-refractivity contribution >= 4 is 51.6 Å². The molecule has 4 rings (SSSR count). The second-order valence-electron chi connectivity index (χ2n) is 8.61. The molecule has 0 aliphatic carbocycles. The molecule has 1 aromatic heterocycles. The van der Waals surface area contributed by atoms with Crippen molar-refractivity contribution in [1.82, 2.24) is 14.6 Å². The van der Waals surface area contributed by atoms with Gasteiger partial charge < -0.3 is 15.0 Å². The molecule has 0 fully saturated rings. The summed E-state index contributed by atoms with van der Waals surface area (Å²) < 4.78 is 22.9. The first-order valence-corrected chi connectivity index (χ1v) is 13.3. The number of carbonyl (C=O) groups excluding carboxylic acids is 2. The van der Waals surface area contributed by atoms with Crippen LogP contribution in [0.5, 0.6) is 5.75 Å². The maximum atomic E-state index is 14.5. The summed E-state index contributed by atoms with van der Waals surface area (Å²) >= 11 is 3.99. The maximum Gasteiger partial charge on any atom is 0.353 e. The molecule has 3 aromatic carbocycles. The van der Waals surface area contributed by atoms with E-state index in [-0.39, 0.29) is 10.7 Å². The van der Waals surface area contributed by atoms with E-state index in [0.717, 1.165) is 15.5 Å². The van der Waals surface area contributed by atoms with Crippen LogP contribution in [0.3, 0.4) is 0 Å². The first-order chi connectivity index (χ1) is 18.1. The Balaban J connectivity index is 2.00. The molecule has 0 saturated carbocycles. The van der Waals surface area contributed by atoms with Crippen LogP contribution >= 0.6 is 11.6 Å². The molecule has 4 aromatic rings. The highest BCUT2D eigenvalue weighted by atomic mass is 35.5. The standard InChI is InChI=1S/C27H28ClN5O4S/c1-6-31-22-13-12-20(28)15-21(22)30-27(31)38(36)33(23-14-16(2)24(37-5)18(4)17(23)3)32(26(29)35)25(34)19-10-8-7-9-11-19/h7-15H,6H2,1-5H3,(H2,29,35). The topological polar surface area (TPSA) is 117 Å². The Bertz CT molecular complexity index is 1530. The van der Waals surface area contributed by atoms with Crippen LogP contribution in [0, 0.1) is 20.8 Å². The van der Waals surface area contributed by atoms with Crippen LogP contribution in [0.15, 0.2) is 59.8 Å². The number of nitrogens with zero attached hydrogens (tertiary/aromatic N) is 4. The summed E-state index contributed by atoms with van der Waals surface area (Å²) in [4.78, 5) is 31.2. The lowest BCUT2D eigenvalue weighted by Crippen LogP contribution is -2.55. The van der Waals surface area contributed by atoms with Gasteiger partial charge in [-0.3, -0.25) is 9.36 Å². The second-order valence-corrected chi connectivity index (χ2v) is 10.3. The molecular formula is C27H28ClN5O4S. The van der Waals surface area contributed by atoms with Crippen LogP contribution in [-0.2, 0) is 17.9 Å². The number of methoxy groups -OCH3 is 1. The molecule has 38 heavy (non-hydrogen) atoms. The van der Waals surface area contributed by atoms with Gasteiger partial charge in [-0.2, -0.15) is 4.98 Å². The van der Waals surface area contributed by atoms with E-state index in [1.807, 2.05) is 20.8 Å². The zero-order valence-electron chi connectivity index (χ0n) is 21.7. The Kier molecular flexibility index (Phi) is 7.86. The number of aryl methyl sites for hydroxylation is 2. The molecule has 0 aliphatic heterocycles. The van der Waals surface area contributed by atoms with Gasteiger partial charge in [0.1, 0.15) is 11.4 Å². The fraction of sp³-hybridized carbons (Fsp3) is 0.222. The highest BCUT2D eigenvalue weighted by Gasteiger charge is 2.41. The summed E-state index contributed by atoms with van der Waals surface area (Å²) in [7, 11) is 1.56.